The molecule has 1 aliphatic heterocycles. The van der Waals surface area contributed by atoms with Crippen LogP contribution in [0.15, 0.2) is 0 Å². The van der Waals surface area contributed by atoms with Crippen LogP contribution in [0.2, 0.25) is 0 Å². The van der Waals surface area contributed by atoms with Crippen LogP contribution in [0.3, 0.4) is 0 Å². The summed E-state index contributed by atoms with van der Waals surface area (Å²) < 4.78 is 0. The highest BCUT2D eigenvalue weighted by Crippen LogP contribution is 2.03. The van der Waals surface area contributed by atoms with E-state index in [9.17, 15) is 0 Å². The Balaban J connectivity index is 2.32. The van der Waals surface area contributed by atoms with Crippen molar-refractivity contribution in [1.29, 1.82) is 10.5 Å². The first kappa shape index (κ1) is 8.99. The van der Waals surface area contributed by atoms with Gasteiger partial charge in [0.25, 0.3) is 0 Å². The van der Waals surface area contributed by atoms with Crippen LogP contribution in [-0.2, 0) is 0 Å². The van der Waals surface area contributed by atoms with Crippen LogP contribution < -0.4 is 0 Å². The zero-order valence-electron chi connectivity index (χ0n) is 7.03. The number of rotatable bonds is 2. The van der Waals surface area contributed by atoms with Crippen molar-refractivity contribution in [2.24, 2.45) is 0 Å². The van der Waals surface area contributed by atoms with Gasteiger partial charge < -0.3 is 0 Å². The molecule has 4 heteroatoms. The summed E-state index contributed by atoms with van der Waals surface area (Å²) in [4.78, 5) is 4.11. The third-order valence-electron chi connectivity index (χ3n) is 1.94. The molecule has 0 aromatic rings. The lowest BCUT2D eigenvalue weighted by atomic mass is 10.3. The minimum Gasteiger partial charge on any atom is -0.277 e. The number of hydrogen-bond donors (Lipinski definition) is 0. The van der Waals surface area contributed by atoms with Gasteiger partial charge in [-0.2, -0.15) is 10.5 Å². The fraction of sp³-hybridized carbons (Fsp3) is 0.750. The van der Waals surface area contributed by atoms with Crippen LogP contribution in [0.25, 0.3) is 0 Å². The summed E-state index contributed by atoms with van der Waals surface area (Å²) in [6.45, 7) is 3.68. The Morgan fingerprint density at radius 1 is 1.00 bits per heavy atom. The van der Waals surface area contributed by atoms with Crippen LogP contribution in [-0.4, -0.2) is 42.6 Å². The van der Waals surface area contributed by atoms with Crippen molar-refractivity contribution in [3.8, 4) is 12.1 Å². The molecule has 1 aliphatic rings. The first-order chi connectivity index (χ1) is 5.86. The summed E-state index contributed by atoms with van der Waals surface area (Å²) in [6, 6.07) is 4.23. The fourth-order valence-corrected chi connectivity index (χ4v) is 1.40. The summed E-state index contributed by atoms with van der Waals surface area (Å²) in [7, 11) is 0. The highest BCUT2D eigenvalue weighted by molar-refractivity contribution is 4.83. The maximum Gasteiger partial charge on any atom is 0.0876 e. The second kappa shape index (κ2) is 4.71. The minimum atomic E-state index is 0.474. The largest absolute Gasteiger partial charge is 0.277 e. The van der Waals surface area contributed by atoms with Crippen LogP contribution >= 0.6 is 0 Å². The Morgan fingerprint density at radius 3 is 1.92 bits per heavy atom. The van der Waals surface area contributed by atoms with E-state index in [0.717, 1.165) is 26.2 Å². The van der Waals surface area contributed by atoms with E-state index in [0.29, 0.717) is 13.1 Å². The van der Waals surface area contributed by atoms with E-state index in [2.05, 4.69) is 21.9 Å². The van der Waals surface area contributed by atoms with Crippen molar-refractivity contribution in [2.45, 2.75) is 6.42 Å². The summed E-state index contributed by atoms with van der Waals surface area (Å²) in [5.74, 6) is 0. The average molecular weight is 164 g/mol. The van der Waals surface area contributed by atoms with Gasteiger partial charge in [0.1, 0.15) is 0 Å². The van der Waals surface area contributed by atoms with Gasteiger partial charge in [-0.25, -0.2) is 0 Å². The molecule has 1 rings (SSSR count). The third kappa shape index (κ3) is 2.50. The van der Waals surface area contributed by atoms with E-state index >= 15 is 0 Å². The Hall–Kier alpha value is -1.10. The predicted octanol–water partition coefficient (Wildman–Crippen LogP) is -0.00124. The summed E-state index contributed by atoms with van der Waals surface area (Å²) in [5, 5.41) is 16.9. The Labute approximate surface area is 72.6 Å². The Bertz CT molecular complexity index is 190. The van der Waals surface area contributed by atoms with E-state index in [1.54, 1.807) is 0 Å². The molecule has 12 heavy (non-hydrogen) atoms. The monoisotopic (exact) mass is 164 g/mol. The van der Waals surface area contributed by atoms with Gasteiger partial charge in [0.05, 0.1) is 31.9 Å². The molecule has 0 amide bonds. The molecule has 0 atom stereocenters. The van der Waals surface area contributed by atoms with Gasteiger partial charge >= 0.3 is 0 Å². The smallest absolute Gasteiger partial charge is 0.0876 e. The molecular formula is C8H12N4. The molecular weight excluding hydrogens is 152 g/mol. The van der Waals surface area contributed by atoms with Crippen molar-refractivity contribution < 1.29 is 0 Å². The molecule has 0 radical (unpaired) electrons. The van der Waals surface area contributed by atoms with Crippen molar-refractivity contribution in [3.05, 3.63) is 0 Å². The highest BCUT2D eigenvalue weighted by atomic mass is 15.3. The minimum absolute atomic E-state index is 0.474. The average Bonchev–Trinajstić information content (AvgIpc) is 2.06. The van der Waals surface area contributed by atoms with Crippen molar-refractivity contribution in [3.63, 3.8) is 0 Å². The zero-order chi connectivity index (χ0) is 8.81. The molecule has 1 fully saturated rings. The first-order valence-corrected chi connectivity index (χ1v) is 4.05. The Morgan fingerprint density at radius 2 is 1.50 bits per heavy atom. The topological polar surface area (TPSA) is 54.1 Å². The first-order valence-electron chi connectivity index (χ1n) is 4.05. The quantitative estimate of drug-likeness (QED) is 0.539. The van der Waals surface area contributed by atoms with Gasteiger partial charge in [-0.15, -0.1) is 0 Å². The van der Waals surface area contributed by atoms with E-state index in [1.807, 2.05) is 0 Å². The van der Waals surface area contributed by atoms with Gasteiger partial charge in [-0.3, -0.25) is 9.80 Å². The van der Waals surface area contributed by atoms with Crippen LogP contribution in [0.1, 0.15) is 6.42 Å². The molecule has 0 N–H and O–H groups in total. The number of nitriles is 2. The summed E-state index contributed by atoms with van der Waals surface area (Å²) in [6.07, 6.45) is 1.06. The molecule has 0 unspecified atom stereocenters. The lowest BCUT2D eigenvalue weighted by molar-refractivity contribution is 0.109. The Kier molecular flexibility index (Phi) is 3.53. The maximum atomic E-state index is 8.46. The molecule has 0 bridgehead atoms. The summed E-state index contributed by atoms with van der Waals surface area (Å²) in [5.41, 5.74) is 0. The molecule has 0 aromatic heterocycles. The maximum absolute atomic E-state index is 8.46. The normalized spacial score (nSPS) is 19.8. The number of hydrogen-bond acceptors (Lipinski definition) is 4. The SMILES string of the molecule is N#CCN1CCCN(CC#N)C1. The second-order valence-corrected chi connectivity index (χ2v) is 2.92. The van der Waals surface area contributed by atoms with Gasteiger partial charge in [-0.05, 0) is 6.42 Å². The molecule has 0 saturated carbocycles. The highest BCUT2D eigenvalue weighted by Gasteiger charge is 2.15. The molecule has 1 saturated heterocycles. The van der Waals surface area contributed by atoms with E-state index < -0.39 is 0 Å². The van der Waals surface area contributed by atoms with Crippen molar-refractivity contribution >= 4 is 0 Å². The predicted molar refractivity (Wildman–Crippen MR) is 43.9 cm³/mol. The summed E-state index contributed by atoms with van der Waals surface area (Å²) >= 11 is 0. The van der Waals surface area contributed by atoms with E-state index in [4.69, 9.17) is 10.5 Å². The lowest BCUT2D eigenvalue weighted by Gasteiger charge is -2.32. The molecule has 64 valence electrons. The van der Waals surface area contributed by atoms with Crippen LogP contribution in [0, 0.1) is 22.7 Å². The van der Waals surface area contributed by atoms with Crippen molar-refractivity contribution in [2.75, 3.05) is 32.8 Å². The van der Waals surface area contributed by atoms with Gasteiger partial charge in [0.15, 0.2) is 0 Å². The zero-order valence-corrected chi connectivity index (χ0v) is 7.03. The molecule has 0 spiro atoms. The molecule has 0 aliphatic carbocycles. The van der Waals surface area contributed by atoms with Gasteiger partial charge in [0.2, 0.25) is 0 Å². The molecule has 0 aromatic carbocycles. The standard InChI is InChI=1S/C8H12N4/c9-2-6-11-4-1-5-12(8-11)7-3-10/h1,4-8H2. The van der Waals surface area contributed by atoms with Gasteiger partial charge in [-0.1, -0.05) is 0 Å². The lowest BCUT2D eigenvalue weighted by Crippen LogP contribution is -2.44. The molecule has 1 heterocycles. The van der Waals surface area contributed by atoms with Crippen LogP contribution in [0.5, 0.6) is 0 Å². The third-order valence-corrected chi connectivity index (χ3v) is 1.94. The second-order valence-electron chi connectivity index (χ2n) is 2.92. The van der Waals surface area contributed by atoms with Crippen molar-refractivity contribution in [1.82, 2.24) is 9.80 Å². The number of nitrogens with zero attached hydrogens (tertiary/aromatic N) is 4. The molecule has 4 nitrogen and oxygen atoms in total. The fourth-order valence-electron chi connectivity index (χ4n) is 1.40. The van der Waals surface area contributed by atoms with E-state index in [-0.39, 0.29) is 0 Å². The van der Waals surface area contributed by atoms with Gasteiger partial charge in [0, 0.05) is 13.1 Å². The van der Waals surface area contributed by atoms with E-state index in [1.165, 1.54) is 0 Å². The van der Waals surface area contributed by atoms with Crippen LogP contribution in [0.4, 0.5) is 0 Å².